The van der Waals surface area contributed by atoms with Crippen molar-refractivity contribution in [2.45, 2.75) is 25.9 Å². The Balaban J connectivity index is 2.45. The van der Waals surface area contributed by atoms with Crippen LogP contribution in [0.3, 0.4) is 0 Å². The number of hydrogen-bond donors (Lipinski definition) is 3. The summed E-state index contributed by atoms with van der Waals surface area (Å²) in [6, 6.07) is 8.80. The lowest BCUT2D eigenvalue weighted by atomic mass is 10.1. The molecular formula is C16H22N4O2S. The first-order valence-corrected chi connectivity index (χ1v) is 8.69. The van der Waals surface area contributed by atoms with Crippen LogP contribution in [0.1, 0.15) is 17.5 Å². The number of aryl methyl sites for hydroxylation is 1. The third kappa shape index (κ3) is 7.56. The number of amides is 3. The van der Waals surface area contributed by atoms with Crippen LogP contribution in [0.15, 0.2) is 24.3 Å². The van der Waals surface area contributed by atoms with Gasteiger partial charge < -0.3 is 16.0 Å². The third-order valence-corrected chi connectivity index (χ3v) is 3.73. The van der Waals surface area contributed by atoms with Gasteiger partial charge in [0.15, 0.2) is 0 Å². The smallest absolute Gasteiger partial charge is 0.315 e. The Bertz CT molecular complexity index is 554. The third-order valence-electron chi connectivity index (χ3n) is 3.06. The predicted octanol–water partition coefficient (Wildman–Crippen LogP) is 1.56. The Hall–Kier alpha value is -2.20. The highest BCUT2D eigenvalue weighted by atomic mass is 32.2. The van der Waals surface area contributed by atoms with E-state index in [0.29, 0.717) is 12.3 Å². The Morgan fingerprint density at radius 3 is 2.57 bits per heavy atom. The van der Waals surface area contributed by atoms with E-state index in [2.05, 4.69) is 16.0 Å². The molecule has 0 spiro atoms. The fourth-order valence-corrected chi connectivity index (χ4v) is 2.38. The van der Waals surface area contributed by atoms with Gasteiger partial charge in [-0.25, -0.2) is 4.79 Å². The molecule has 0 heterocycles. The zero-order valence-corrected chi connectivity index (χ0v) is 14.2. The number of carbonyl (C=O) groups excluding carboxylic acids is 2. The molecule has 7 heteroatoms. The molecule has 0 saturated carbocycles. The summed E-state index contributed by atoms with van der Waals surface area (Å²) in [6.45, 7) is 2.68. The van der Waals surface area contributed by atoms with Crippen molar-refractivity contribution in [1.82, 2.24) is 16.0 Å². The van der Waals surface area contributed by atoms with Gasteiger partial charge in [0.2, 0.25) is 5.91 Å². The van der Waals surface area contributed by atoms with Gasteiger partial charge in [-0.05, 0) is 18.7 Å². The molecule has 1 unspecified atom stereocenters. The molecule has 1 rings (SSSR count). The highest BCUT2D eigenvalue weighted by molar-refractivity contribution is 7.98. The van der Waals surface area contributed by atoms with E-state index in [0.717, 1.165) is 11.1 Å². The van der Waals surface area contributed by atoms with Crippen molar-refractivity contribution >= 4 is 23.7 Å². The van der Waals surface area contributed by atoms with Crippen molar-refractivity contribution in [1.29, 1.82) is 5.26 Å². The molecule has 1 aromatic carbocycles. The van der Waals surface area contributed by atoms with Crippen LogP contribution in [-0.2, 0) is 11.3 Å². The van der Waals surface area contributed by atoms with Gasteiger partial charge in [-0.1, -0.05) is 29.8 Å². The molecule has 0 radical (unpaired) electrons. The molecule has 0 aliphatic heterocycles. The molecule has 0 fully saturated rings. The van der Waals surface area contributed by atoms with Crippen molar-refractivity contribution in [3.63, 3.8) is 0 Å². The number of nitriles is 1. The molecule has 0 bridgehead atoms. The van der Waals surface area contributed by atoms with Crippen molar-refractivity contribution < 1.29 is 9.59 Å². The number of nitrogens with zero attached hydrogens (tertiary/aromatic N) is 1. The highest BCUT2D eigenvalue weighted by Crippen LogP contribution is 2.02. The van der Waals surface area contributed by atoms with E-state index >= 15 is 0 Å². The molecule has 0 aliphatic rings. The Morgan fingerprint density at radius 2 is 1.96 bits per heavy atom. The van der Waals surface area contributed by atoms with Gasteiger partial charge in [-0.3, -0.25) is 4.79 Å². The maximum atomic E-state index is 12.0. The number of thioether (sulfide) groups is 1. The number of urea groups is 1. The maximum absolute atomic E-state index is 12.0. The van der Waals surface area contributed by atoms with Crippen LogP contribution in [0.25, 0.3) is 0 Å². The molecule has 0 aromatic heterocycles. The first kappa shape index (κ1) is 18.8. The minimum absolute atomic E-state index is 0.247. The first-order valence-electron chi connectivity index (χ1n) is 7.30. The molecule has 124 valence electrons. The molecule has 6 nitrogen and oxygen atoms in total. The number of benzene rings is 1. The quantitative estimate of drug-likeness (QED) is 0.629. The van der Waals surface area contributed by atoms with E-state index < -0.39 is 6.04 Å². The van der Waals surface area contributed by atoms with E-state index in [1.165, 1.54) is 11.8 Å². The van der Waals surface area contributed by atoms with Crippen molar-refractivity contribution in [3.05, 3.63) is 35.4 Å². The fourth-order valence-electron chi connectivity index (χ4n) is 1.81. The standard InChI is InChI=1S/C16H22N4O2S/c1-12-4-6-13(7-5-12)10-19-16(22)20-14(11-23-2)15(21)18-9-3-8-17/h4-7,14H,3,9-11H2,1-2H3,(H,18,21)(H2,19,20,22). The molecule has 23 heavy (non-hydrogen) atoms. The Kier molecular flexibility index (Phi) is 8.62. The zero-order chi connectivity index (χ0) is 17.1. The maximum Gasteiger partial charge on any atom is 0.315 e. The van der Waals surface area contributed by atoms with Crippen LogP contribution >= 0.6 is 11.8 Å². The van der Waals surface area contributed by atoms with Crippen LogP contribution in [-0.4, -0.2) is 36.5 Å². The largest absolute Gasteiger partial charge is 0.353 e. The first-order chi connectivity index (χ1) is 11.1. The van der Waals surface area contributed by atoms with Crippen molar-refractivity contribution in [3.8, 4) is 6.07 Å². The van der Waals surface area contributed by atoms with E-state index in [-0.39, 0.29) is 24.9 Å². The summed E-state index contributed by atoms with van der Waals surface area (Å²) in [4.78, 5) is 23.9. The van der Waals surface area contributed by atoms with Crippen LogP contribution in [0, 0.1) is 18.3 Å². The lowest BCUT2D eigenvalue weighted by molar-refractivity contribution is -0.122. The highest BCUT2D eigenvalue weighted by Gasteiger charge is 2.19. The average Bonchev–Trinajstić information content (AvgIpc) is 2.54. The second-order valence-corrected chi connectivity index (χ2v) is 5.93. The van der Waals surface area contributed by atoms with Crippen molar-refractivity contribution in [2.75, 3.05) is 18.6 Å². The minimum atomic E-state index is -0.623. The number of nitrogens with one attached hydrogen (secondary N) is 3. The van der Waals surface area contributed by atoms with Gasteiger partial charge >= 0.3 is 6.03 Å². The number of rotatable bonds is 8. The molecule has 1 aromatic rings. The van der Waals surface area contributed by atoms with Crippen LogP contribution in [0.4, 0.5) is 4.79 Å². The summed E-state index contributed by atoms with van der Waals surface area (Å²) in [6.07, 6.45) is 2.11. The molecular weight excluding hydrogens is 312 g/mol. The van der Waals surface area contributed by atoms with Crippen LogP contribution < -0.4 is 16.0 Å². The topological polar surface area (TPSA) is 94.0 Å². The van der Waals surface area contributed by atoms with Crippen LogP contribution in [0.5, 0.6) is 0 Å². The number of carbonyl (C=O) groups is 2. The Labute approximate surface area is 141 Å². The second kappa shape index (κ2) is 10.5. The monoisotopic (exact) mass is 334 g/mol. The molecule has 1 atom stereocenters. The molecule has 0 aliphatic carbocycles. The van der Waals surface area contributed by atoms with Gasteiger partial charge in [0.25, 0.3) is 0 Å². The predicted molar refractivity (Wildman–Crippen MR) is 92.0 cm³/mol. The SMILES string of the molecule is CSCC(NC(=O)NCc1ccc(C)cc1)C(=O)NCCC#N. The van der Waals surface area contributed by atoms with Gasteiger partial charge in [-0.15, -0.1) is 0 Å². The summed E-state index contributed by atoms with van der Waals surface area (Å²) < 4.78 is 0. The average molecular weight is 334 g/mol. The van der Waals surface area contributed by atoms with E-state index in [1.807, 2.05) is 43.5 Å². The van der Waals surface area contributed by atoms with Gasteiger partial charge in [0.1, 0.15) is 6.04 Å². The van der Waals surface area contributed by atoms with Gasteiger partial charge in [0.05, 0.1) is 12.5 Å². The van der Waals surface area contributed by atoms with Gasteiger partial charge in [0, 0.05) is 18.8 Å². The second-order valence-electron chi connectivity index (χ2n) is 5.02. The lowest BCUT2D eigenvalue weighted by Gasteiger charge is -2.17. The summed E-state index contributed by atoms with van der Waals surface area (Å²) in [5.74, 6) is 0.191. The summed E-state index contributed by atoms with van der Waals surface area (Å²) in [5.41, 5.74) is 2.15. The zero-order valence-electron chi connectivity index (χ0n) is 13.4. The lowest BCUT2D eigenvalue weighted by Crippen LogP contribution is -2.51. The molecule has 3 N–H and O–H groups in total. The van der Waals surface area contributed by atoms with Gasteiger partial charge in [-0.2, -0.15) is 17.0 Å². The summed E-state index contributed by atoms with van der Waals surface area (Å²) in [7, 11) is 0. The van der Waals surface area contributed by atoms with E-state index in [9.17, 15) is 9.59 Å². The van der Waals surface area contributed by atoms with E-state index in [1.54, 1.807) is 0 Å². The minimum Gasteiger partial charge on any atom is -0.353 e. The molecule has 3 amide bonds. The Morgan fingerprint density at radius 1 is 1.26 bits per heavy atom. The van der Waals surface area contributed by atoms with Crippen molar-refractivity contribution in [2.24, 2.45) is 0 Å². The van der Waals surface area contributed by atoms with Crippen LogP contribution in [0.2, 0.25) is 0 Å². The normalized spacial score (nSPS) is 11.2. The van der Waals surface area contributed by atoms with E-state index in [4.69, 9.17) is 5.26 Å². The number of hydrogen-bond acceptors (Lipinski definition) is 4. The summed E-state index contributed by atoms with van der Waals surface area (Å²) in [5, 5.41) is 16.5. The summed E-state index contributed by atoms with van der Waals surface area (Å²) >= 11 is 1.47. The fraction of sp³-hybridized carbons (Fsp3) is 0.438. The molecule has 0 saturated heterocycles.